The highest BCUT2D eigenvalue weighted by Crippen LogP contribution is 2.46. The number of imide groups is 2. The number of carbonyl (C=O) groups is 5. The second kappa shape index (κ2) is 14.6. The van der Waals surface area contributed by atoms with E-state index in [2.05, 4.69) is 43.9 Å². The number of amides is 5. The third-order valence-electron chi connectivity index (χ3n) is 13.4. The Morgan fingerprint density at radius 3 is 2.14 bits per heavy atom. The molecule has 0 saturated carbocycles. The number of nitrogens with one attached hydrogen (secondary N) is 1. The Labute approximate surface area is 337 Å². The molecule has 13 heteroatoms. The highest BCUT2D eigenvalue weighted by atomic mass is 35.5. The molecule has 6 aliphatic heterocycles. The van der Waals surface area contributed by atoms with Crippen molar-refractivity contribution in [3.63, 3.8) is 0 Å². The first-order valence-electron chi connectivity index (χ1n) is 20.2. The van der Waals surface area contributed by atoms with E-state index in [1.54, 1.807) is 0 Å². The molecule has 4 fully saturated rings. The summed E-state index contributed by atoms with van der Waals surface area (Å²) < 4.78 is 0. The molecular formula is C44H46ClN7O5. The molecule has 9 rings (SSSR count). The van der Waals surface area contributed by atoms with E-state index in [0.29, 0.717) is 60.0 Å². The van der Waals surface area contributed by atoms with Gasteiger partial charge in [0.1, 0.15) is 6.04 Å². The fraction of sp³-hybridized carbons (Fsp3) is 0.455. The molecule has 3 aromatic carbocycles. The minimum Gasteiger partial charge on any atom is -0.371 e. The number of nitrogens with zero attached hydrogens (tertiary/aromatic N) is 6. The van der Waals surface area contributed by atoms with Crippen LogP contribution < -0.4 is 15.1 Å². The Morgan fingerprint density at radius 1 is 0.877 bits per heavy atom. The largest absolute Gasteiger partial charge is 0.371 e. The molecule has 0 aliphatic carbocycles. The molecule has 2 atom stereocenters. The molecule has 57 heavy (non-hydrogen) atoms. The lowest BCUT2D eigenvalue weighted by Crippen LogP contribution is -2.54. The van der Waals surface area contributed by atoms with Gasteiger partial charge >= 0.3 is 0 Å². The van der Waals surface area contributed by atoms with Gasteiger partial charge in [-0.2, -0.15) is 0 Å². The molecule has 3 aromatic rings. The smallest absolute Gasteiger partial charge is 0.262 e. The van der Waals surface area contributed by atoms with Crippen molar-refractivity contribution < 1.29 is 24.0 Å². The summed E-state index contributed by atoms with van der Waals surface area (Å²) in [6.07, 6.45) is 5.41. The van der Waals surface area contributed by atoms with E-state index in [1.807, 2.05) is 47.4 Å². The number of hydrogen-bond donors (Lipinski definition) is 1. The molecule has 6 heterocycles. The van der Waals surface area contributed by atoms with Crippen molar-refractivity contribution in [3.8, 4) is 0 Å². The van der Waals surface area contributed by atoms with Crippen LogP contribution in [-0.2, 0) is 22.7 Å². The number of fused-ring (bicyclic) bond motifs is 2. The van der Waals surface area contributed by atoms with Gasteiger partial charge in [-0.15, -0.1) is 0 Å². The predicted molar refractivity (Wildman–Crippen MR) is 215 cm³/mol. The van der Waals surface area contributed by atoms with Gasteiger partial charge in [-0.05, 0) is 116 Å². The Balaban J connectivity index is 0.745. The zero-order chi connectivity index (χ0) is 39.6. The van der Waals surface area contributed by atoms with E-state index in [0.717, 1.165) is 91.2 Å². The second-order valence-electron chi connectivity index (χ2n) is 17.0. The molecule has 294 valence electrons. The molecule has 12 nitrogen and oxygen atoms in total. The van der Waals surface area contributed by atoms with E-state index in [1.165, 1.54) is 0 Å². The quantitative estimate of drug-likeness (QED) is 0.237. The summed E-state index contributed by atoms with van der Waals surface area (Å²) >= 11 is 6.38. The molecule has 0 radical (unpaired) electrons. The van der Waals surface area contributed by atoms with Crippen LogP contribution in [0.2, 0.25) is 5.02 Å². The Hall–Kier alpha value is -5.25. The van der Waals surface area contributed by atoms with Crippen molar-refractivity contribution >= 4 is 58.2 Å². The first-order valence-corrected chi connectivity index (χ1v) is 20.5. The summed E-state index contributed by atoms with van der Waals surface area (Å²) in [6, 6.07) is 17.0. The summed E-state index contributed by atoms with van der Waals surface area (Å²) in [4.78, 5) is 78.0. The molecule has 0 aromatic heterocycles. The Morgan fingerprint density at radius 2 is 1.53 bits per heavy atom. The van der Waals surface area contributed by atoms with Crippen molar-refractivity contribution in [2.45, 2.75) is 77.0 Å². The number of anilines is 2. The summed E-state index contributed by atoms with van der Waals surface area (Å²) in [7, 11) is 0. The molecule has 6 aliphatic rings. The zero-order valence-electron chi connectivity index (χ0n) is 32.1. The van der Waals surface area contributed by atoms with E-state index in [-0.39, 0.29) is 30.1 Å². The average molecular weight is 788 g/mol. The fourth-order valence-electron chi connectivity index (χ4n) is 10.3. The van der Waals surface area contributed by atoms with Gasteiger partial charge in [0.2, 0.25) is 17.5 Å². The maximum Gasteiger partial charge on any atom is 0.262 e. The molecule has 0 bridgehead atoms. The third kappa shape index (κ3) is 6.84. The average Bonchev–Trinajstić information content (AvgIpc) is 3.84. The molecule has 4 saturated heterocycles. The third-order valence-corrected chi connectivity index (χ3v) is 13.7. The number of carbonyl (C=O) groups excluding carboxylic acids is 5. The van der Waals surface area contributed by atoms with Crippen LogP contribution in [0.5, 0.6) is 0 Å². The van der Waals surface area contributed by atoms with Gasteiger partial charge in [0, 0.05) is 86.8 Å². The number of likely N-dealkylation sites (tertiary alicyclic amines) is 1. The molecule has 5 amide bonds. The lowest BCUT2D eigenvalue weighted by atomic mass is 9.76. The van der Waals surface area contributed by atoms with Crippen molar-refractivity contribution in [2.24, 2.45) is 11.3 Å². The minimum atomic E-state index is -0.967. The van der Waals surface area contributed by atoms with Gasteiger partial charge in [-0.3, -0.25) is 39.1 Å². The maximum absolute atomic E-state index is 13.6. The van der Waals surface area contributed by atoms with Crippen molar-refractivity contribution in [1.82, 2.24) is 20.0 Å². The Kier molecular flexibility index (Phi) is 9.56. The van der Waals surface area contributed by atoms with E-state index < -0.39 is 23.8 Å². The maximum atomic E-state index is 13.6. The number of benzene rings is 3. The van der Waals surface area contributed by atoms with Crippen LogP contribution in [0, 0.1) is 17.9 Å². The summed E-state index contributed by atoms with van der Waals surface area (Å²) in [5, 5.41) is 2.76. The zero-order valence-corrected chi connectivity index (χ0v) is 32.9. The monoisotopic (exact) mass is 787 g/mol. The van der Waals surface area contributed by atoms with Gasteiger partial charge in [-0.1, -0.05) is 17.7 Å². The number of halogens is 1. The highest BCUT2D eigenvalue weighted by molar-refractivity contribution is 6.33. The minimum absolute atomic E-state index is 0.0749. The van der Waals surface area contributed by atoms with E-state index in [9.17, 15) is 24.0 Å². The summed E-state index contributed by atoms with van der Waals surface area (Å²) in [5.41, 5.74) is 6.41. The molecule has 1 N–H and O–H groups in total. The first kappa shape index (κ1) is 37.3. The van der Waals surface area contributed by atoms with Crippen LogP contribution in [0.1, 0.15) is 94.1 Å². The van der Waals surface area contributed by atoms with Crippen LogP contribution in [0.4, 0.5) is 17.1 Å². The van der Waals surface area contributed by atoms with E-state index >= 15 is 0 Å². The van der Waals surface area contributed by atoms with Gasteiger partial charge in [-0.25, -0.2) is 4.85 Å². The van der Waals surface area contributed by atoms with Crippen molar-refractivity contribution in [2.75, 3.05) is 49.1 Å². The van der Waals surface area contributed by atoms with Crippen LogP contribution >= 0.6 is 11.6 Å². The normalized spacial score (nSPS) is 23.6. The van der Waals surface area contributed by atoms with Gasteiger partial charge < -0.3 is 14.7 Å². The van der Waals surface area contributed by atoms with Gasteiger partial charge in [0.15, 0.2) is 0 Å². The number of piperidine rings is 3. The van der Waals surface area contributed by atoms with Crippen LogP contribution in [0.15, 0.2) is 54.6 Å². The number of hydrogen-bond acceptors (Lipinski definition) is 8. The standard InChI is InChI=1S/C44H46ClN7O5/c1-27-22-44(26-51(27)33-7-8-37(46-2)36(45)21-33)13-17-49(18-14-44)32-5-3-29(4-6-32)41(55)50-15-11-28(12-16-50)23-48-24-30-19-34-35(20-31(30)25-48)43(57)52(42(34)56)38-9-10-39(53)47-40(38)54/h3-8,19-21,27-28,38H,9-18,22-26H2,1H3,(H,47,53,54)/t27-,38?/m0/s1. The van der Waals surface area contributed by atoms with Crippen LogP contribution in [0.3, 0.4) is 0 Å². The summed E-state index contributed by atoms with van der Waals surface area (Å²) in [6.45, 7) is 16.2. The van der Waals surface area contributed by atoms with E-state index in [4.69, 9.17) is 18.2 Å². The lowest BCUT2D eigenvalue weighted by Gasteiger charge is -2.40. The fourth-order valence-corrected chi connectivity index (χ4v) is 10.5. The number of rotatable bonds is 6. The Bertz CT molecular complexity index is 2180. The van der Waals surface area contributed by atoms with Crippen LogP contribution in [0.25, 0.3) is 4.85 Å². The first-order chi connectivity index (χ1) is 27.5. The summed E-state index contributed by atoms with van der Waals surface area (Å²) in [5.74, 6) is -1.43. The molecule has 1 unspecified atom stereocenters. The SMILES string of the molecule is [C-]#[N+]c1ccc(N2CC3(CCN(c4ccc(C(=O)N5CCC(CN6Cc7cc8c(cc7C6)C(=O)N(C6CCC(=O)NC6=O)C8=O)CC5)cc4)CC3)C[C@@H]2C)cc1Cl. The van der Waals surface area contributed by atoms with Crippen molar-refractivity contribution in [1.29, 1.82) is 0 Å². The lowest BCUT2D eigenvalue weighted by molar-refractivity contribution is -0.136. The van der Waals surface area contributed by atoms with Crippen LogP contribution in [-0.4, -0.2) is 95.6 Å². The van der Waals surface area contributed by atoms with Crippen molar-refractivity contribution in [3.05, 3.63) is 98.9 Å². The second-order valence-corrected chi connectivity index (χ2v) is 17.4. The highest BCUT2D eigenvalue weighted by Gasteiger charge is 2.46. The topological polar surface area (TPSA) is 118 Å². The molecular weight excluding hydrogens is 742 g/mol. The predicted octanol–water partition coefficient (Wildman–Crippen LogP) is 6.05. The molecule has 1 spiro atoms. The van der Waals surface area contributed by atoms with Gasteiger partial charge in [0.25, 0.3) is 17.7 Å². The van der Waals surface area contributed by atoms with Gasteiger partial charge in [0.05, 0.1) is 17.7 Å².